The minimum atomic E-state index is -4.14. The average molecular weight is 681 g/mol. The van der Waals surface area contributed by atoms with E-state index in [-0.39, 0.29) is 26.6 Å². The molecule has 0 spiro atoms. The predicted molar refractivity (Wildman–Crippen MR) is 172 cm³/mol. The normalized spacial score (nSPS) is 21.5. The molecule has 2 heterocycles. The summed E-state index contributed by atoms with van der Waals surface area (Å²) in [7, 11) is -11.5. The fourth-order valence-corrected chi connectivity index (χ4v) is 11.3. The van der Waals surface area contributed by atoms with E-state index in [1.54, 1.807) is 0 Å². The van der Waals surface area contributed by atoms with Gasteiger partial charge in [-0.3, -0.25) is 4.79 Å². The number of benzene rings is 2. The van der Waals surface area contributed by atoms with Crippen LogP contribution in [-0.2, 0) is 34.9 Å². The van der Waals surface area contributed by atoms with E-state index in [0.29, 0.717) is 44.7 Å². The van der Waals surface area contributed by atoms with E-state index < -0.39 is 42.5 Å². The number of anilines is 1. The summed E-state index contributed by atoms with van der Waals surface area (Å²) in [6, 6.07) is 10.8. The molecule has 1 saturated carbocycles. The Balaban J connectivity index is 1.31. The fourth-order valence-electron chi connectivity index (χ4n) is 6.52. The Bertz CT molecular complexity index is 1650. The van der Waals surface area contributed by atoms with Gasteiger partial charge in [0.05, 0.1) is 21.2 Å². The zero-order valence-electron chi connectivity index (χ0n) is 25.8. The standard InChI is InChI=1S/C31H44N4O7S3/c1-25-9-8-22-34(23-25)44(39,40)29-16-18-30(19-17-29)45(41,42)35(27-10-4-2-5-11-27)24-31(36)32-26-12-14-28(15-13-26)43(37,38)33-20-6-3-7-21-33/h12-19,25,27H,2-11,20-24H2,1H3,(H,32,36)/t25-/m1/s1. The van der Waals surface area contributed by atoms with E-state index in [0.717, 1.165) is 51.4 Å². The van der Waals surface area contributed by atoms with E-state index in [1.807, 2.05) is 6.92 Å². The van der Waals surface area contributed by atoms with Crippen LogP contribution in [0.25, 0.3) is 0 Å². The topological polar surface area (TPSA) is 141 Å². The highest BCUT2D eigenvalue weighted by molar-refractivity contribution is 7.89. The molecule has 3 aliphatic rings. The molecule has 1 aliphatic carbocycles. The second-order valence-corrected chi connectivity index (χ2v) is 18.2. The summed E-state index contributed by atoms with van der Waals surface area (Å²) >= 11 is 0. The van der Waals surface area contributed by atoms with Crippen LogP contribution in [0.1, 0.15) is 71.1 Å². The molecule has 5 rings (SSSR count). The van der Waals surface area contributed by atoms with E-state index in [9.17, 15) is 30.0 Å². The van der Waals surface area contributed by atoms with Crippen LogP contribution in [-0.4, -0.2) is 82.8 Å². The van der Waals surface area contributed by atoms with Gasteiger partial charge in [-0.15, -0.1) is 0 Å². The zero-order chi connectivity index (χ0) is 32.2. The van der Waals surface area contributed by atoms with Crippen molar-refractivity contribution in [2.45, 2.75) is 91.9 Å². The number of sulfonamides is 3. The highest BCUT2D eigenvalue weighted by atomic mass is 32.2. The number of amides is 1. The van der Waals surface area contributed by atoms with Gasteiger partial charge in [-0.25, -0.2) is 25.3 Å². The SMILES string of the molecule is C[C@@H]1CCCN(S(=O)(=O)c2ccc(S(=O)(=O)N(CC(=O)Nc3ccc(S(=O)(=O)N4CCCCC4)cc3)C3CCCCC3)cc2)C1. The van der Waals surface area contributed by atoms with Crippen LogP contribution in [0.3, 0.4) is 0 Å². The van der Waals surface area contributed by atoms with Gasteiger partial charge in [0.25, 0.3) is 0 Å². The van der Waals surface area contributed by atoms with Crippen molar-refractivity contribution in [3.63, 3.8) is 0 Å². The molecule has 2 aliphatic heterocycles. The van der Waals surface area contributed by atoms with Crippen LogP contribution >= 0.6 is 0 Å². The van der Waals surface area contributed by atoms with Gasteiger partial charge in [0.2, 0.25) is 36.0 Å². The molecule has 11 nitrogen and oxygen atoms in total. The first kappa shape index (κ1) is 34.0. The third-order valence-corrected chi connectivity index (χ3v) is 14.8. The molecule has 3 fully saturated rings. The summed E-state index contributed by atoms with van der Waals surface area (Å²) in [4.78, 5) is 13.4. The molecule has 1 N–H and O–H groups in total. The summed E-state index contributed by atoms with van der Waals surface area (Å²) < 4.78 is 84.5. The first-order valence-corrected chi connectivity index (χ1v) is 20.2. The van der Waals surface area contributed by atoms with Crippen LogP contribution < -0.4 is 5.32 Å². The van der Waals surface area contributed by atoms with Crippen molar-refractivity contribution in [2.24, 2.45) is 5.92 Å². The Labute approximate surface area is 268 Å². The van der Waals surface area contributed by atoms with Crippen LogP contribution in [0.5, 0.6) is 0 Å². The van der Waals surface area contributed by atoms with Crippen LogP contribution in [0.2, 0.25) is 0 Å². The maximum absolute atomic E-state index is 13.9. The molecular formula is C31H44N4O7S3. The molecule has 0 unspecified atom stereocenters. The lowest BCUT2D eigenvalue weighted by Gasteiger charge is -2.33. The number of piperidine rings is 2. The van der Waals surface area contributed by atoms with Crippen molar-refractivity contribution in [1.82, 2.24) is 12.9 Å². The fraction of sp³-hybridized carbons (Fsp3) is 0.581. The number of nitrogens with one attached hydrogen (secondary N) is 1. The molecule has 2 aromatic rings. The summed E-state index contributed by atoms with van der Waals surface area (Å²) in [5, 5.41) is 2.72. The number of hydrogen-bond acceptors (Lipinski definition) is 7. The van der Waals surface area contributed by atoms with E-state index >= 15 is 0 Å². The van der Waals surface area contributed by atoms with Crippen LogP contribution in [0.4, 0.5) is 5.69 Å². The number of nitrogens with zero attached hydrogens (tertiary/aromatic N) is 3. The minimum absolute atomic E-state index is 0.0447. The highest BCUT2D eigenvalue weighted by Crippen LogP contribution is 2.30. The minimum Gasteiger partial charge on any atom is -0.325 e. The van der Waals surface area contributed by atoms with Crippen LogP contribution in [0.15, 0.2) is 63.2 Å². The van der Waals surface area contributed by atoms with Gasteiger partial charge < -0.3 is 5.32 Å². The molecule has 1 atom stereocenters. The van der Waals surface area contributed by atoms with Crippen molar-refractivity contribution in [3.8, 4) is 0 Å². The third-order valence-electron chi connectivity index (χ3n) is 9.06. The van der Waals surface area contributed by atoms with Gasteiger partial charge in [0.1, 0.15) is 0 Å². The lowest BCUT2D eigenvalue weighted by atomic mass is 9.95. The van der Waals surface area contributed by atoms with Gasteiger partial charge in [-0.1, -0.05) is 32.6 Å². The number of carbonyl (C=O) groups is 1. The molecule has 0 bridgehead atoms. The summed E-state index contributed by atoms with van der Waals surface area (Å²) in [6.07, 6.45) is 8.34. The van der Waals surface area contributed by atoms with Gasteiger partial charge >= 0.3 is 0 Å². The number of carbonyl (C=O) groups excluding carboxylic acids is 1. The molecule has 1 amide bonds. The molecule has 0 radical (unpaired) electrons. The quantitative estimate of drug-likeness (QED) is 0.396. The maximum atomic E-state index is 13.9. The molecule has 248 valence electrons. The molecule has 2 aromatic carbocycles. The third kappa shape index (κ3) is 7.79. The molecular weight excluding hydrogens is 637 g/mol. The number of rotatable bonds is 10. The van der Waals surface area contributed by atoms with Crippen LogP contribution in [0, 0.1) is 5.92 Å². The van der Waals surface area contributed by atoms with E-state index in [4.69, 9.17) is 0 Å². The monoisotopic (exact) mass is 680 g/mol. The maximum Gasteiger partial charge on any atom is 0.243 e. The van der Waals surface area contributed by atoms with Crippen molar-refractivity contribution in [1.29, 1.82) is 0 Å². The summed E-state index contributed by atoms with van der Waals surface area (Å²) in [5.41, 5.74) is 0.361. The van der Waals surface area contributed by atoms with Crippen molar-refractivity contribution in [3.05, 3.63) is 48.5 Å². The molecule has 0 aromatic heterocycles. The van der Waals surface area contributed by atoms with Gasteiger partial charge in [0, 0.05) is 37.9 Å². The Kier molecular flexibility index (Phi) is 10.7. The Morgan fingerprint density at radius 3 is 1.80 bits per heavy atom. The van der Waals surface area contributed by atoms with Gasteiger partial charge in [-0.05, 0) is 93.0 Å². The summed E-state index contributed by atoms with van der Waals surface area (Å²) in [6.45, 7) is 3.44. The first-order valence-electron chi connectivity index (χ1n) is 15.9. The first-order chi connectivity index (χ1) is 21.4. The number of hydrogen-bond donors (Lipinski definition) is 1. The lowest BCUT2D eigenvalue weighted by molar-refractivity contribution is -0.116. The van der Waals surface area contributed by atoms with Crippen molar-refractivity contribution in [2.75, 3.05) is 38.0 Å². The van der Waals surface area contributed by atoms with E-state index in [1.165, 1.54) is 61.4 Å². The lowest BCUT2D eigenvalue weighted by Crippen LogP contribution is -2.45. The largest absolute Gasteiger partial charge is 0.325 e. The smallest absolute Gasteiger partial charge is 0.243 e. The Hall–Kier alpha value is -2.36. The van der Waals surface area contributed by atoms with Crippen molar-refractivity contribution < 1.29 is 30.0 Å². The van der Waals surface area contributed by atoms with Gasteiger partial charge in [0.15, 0.2) is 0 Å². The molecule has 45 heavy (non-hydrogen) atoms. The molecule has 14 heteroatoms. The van der Waals surface area contributed by atoms with Gasteiger partial charge in [-0.2, -0.15) is 12.9 Å². The summed E-state index contributed by atoms with van der Waals surface area (Å²) in [5.74, 6) is -0.289. The predicted octanol–water partition coefficient (Wildman–Crippen LogP) is 4.24. The average Bonchev–Trinajstić information content (AvgIpc) is 3.04. The van der Waals surface area contributed by atoms with Crippen molar-refractivity contribution >= 4 is 41.7 Å². The second-order valence-electron chi connectivity index (χ2n) is 12.5. The van der Waals surface area contributed by atoms with E-state index in [2.05, 4.69) is 5.32 Å². The second kappa shape index (κ2) is 14.2. The molecule has 2 saturated heterocycles. The highest BCUT2D eigenvalue weighted by Gasteiger charge is 2.35. The zero-order valence-corrected chi connectivity index (χ0v) is 28.3. The Morgan fingerprint density at radius 1 is 0.689 bits per heavy atom. The Morgan fingerprint density at radius 2 is 1.20 bits per heavy atom.